The minimum Gasteiger partial charge on any atom is -0.465 e. The van der Waals surface area contributed by atoms with Crippen molar-refractivity contribution in [3.05, 3.63) is 88.4 Å². The molecular formula is C22H16BrNO. The van der Waals surface area contributed by atoms with E-state index in [1.54, 1.807) is 0 Å². The largest absolute Gasteiger partial charge is 0.465 e. The number of hydrogen-bond donors (Lipinski definition) is 0. The summed E-state index contributed by atoms with van der Waals surface area (Å²) in [7, 11) is 0. The molecule has 2 nitrogen and oxygen atoms in total. The number of aryl methyl sites for hydroxylation is 1. The molecule has 0 amide bonds. The number of aromatic nitrogens is 1. The van der Waals surface area contributed by atoms with Crippen LogP contribution in [-0.4, -0.2) is 4.57 Å². The Morgan fingerprint density at radius 3 is 2.60 bits per heavy atom. The van der Waals surface area contributed by atoms with E-state index in [1.165, 1.54) is 22.2 Å². The van der Waals surface area contributed by atoms with Crippen LogP contribution in [0.1, 0.15) is 17.4 Å². The first-order chi connectivity index (χ1) is 12.2. The van der Waals surface area contributed by atoms with Crippen molar-refractivity contribution in [1.82, 2.24) is 4.57 Å². The molecule has 0 fully saturated rings. The van der Waals surface area contributed by atoms with Crippen molar-refractivity contribution in [2.24, 2.45) is 0 Å². The first kappa shape index (κ1) is 14.8. The summed E-state index contributed by atoms with van der Waals surface area (Å²) in [6, 6.07) is 25.5. The van der Waals surface area contributed by atoms with Gasteiger partial charge in [0.1, 0.15) is 5.75 Å². The number of halogens is 1. The highest BCUT2D eigenvalue weighted by Gasteiger charge is 2.28. The van der Waals surface area contributed by atoms with Crippen LogP contribution in [-0.2, 0) is 0 Å². The summed E-state index contributed by atoms with van der Waals surface area (Å²) in [5, 5.41) is 1.21. The van der Waals surface area contributed by atoms with Crippen molar-refractivity contribution >= 4 is 26.8 Å². The van der Waals surface area contributed by atoms with Gasteiger partial charge >= 0.3 is 0 Å². The van der Waals surface area contributed by atoms with Gasteiger partial charge in [-0.2, -0.15) is 0 Å². The lowest BCUT2D eigenvalue weighted by Crippen LogP contribution is -2.22. The van der Waals surface area contributed by atoms with E-state index in [-0.39, 0.29) is 6.23 Å². The van der Waals surface area contributed by atoms with Gasteiger partial charge in [0, 0.05) is 21.0 Å². The van der Waals surface area contributed by atoms with Crippen molar-refractivity contribution in [3.8, 4) is 17.0 Å². The zero-order valence-corrected chi connectivity index (χ0v) is 15.3. The van der Waals surface area contributed by atoms with Crippen LogP contribution < -0.4 is 4.74 Å². The maximum atomic E-state index is 6.47. The van der Waals surface area contributed by atoms with E-state index in [1.807, 2.05) is 6.07 Å². The molecule has 122 valence electrons. The molecule has 1 atom stereocenters. The highest BCUT2D eigenvalue weighted by atomic mass is 79.9. The molecule has 0 radical (unpaired) electrons. The molecule has 3 heteroatoms. The fourth-order valence-corrected chi connectivity index (χ4v) is 3.99. The third-order valence-electron chi connectivity index (χ3n) is 4.77. The summed E-state index contributed by atoms with van der Waals surface area (Å²) in [4.78, 5) is 0. The van der Waals surface area contributed by atoms with Gasteiger partial charge in [-0.1, -0.05) is 52.3 Å². The summed E-state index contributed by atoms with van der Waals surface area (Å²) in [5.41, 5.74) is 5.88. The predicted molar refractivity (Wildman–Crippen MR) is 105 cm³/mol. The number of rotatable bonds is 1. The Morgan fingerprint density at radius 1 is 0.920 bits per heavy atom. The molecule has 0 saturated carbocycles. The van der Waals surface area contributed by atoms with Gasteiger partial charge in [-0.3, -0.25) is 0 Å². The van der Waals surface area contributed by atoms with Crippen LogP contribution in [0.3, 0.4) is 0 Å². The number of fused-ring (bicyclic) bond motifs is 5. The minimum atomic E-state index is -0.163. The predicted octanol–water partition coefficient (Wildman–Crippen LogP) is 6.32. The van der Waals surface area contributed by atoms with E-state index in [9.17, 15) is 0 Å². The van der Waals surface area contributed by atoms with Crippen molar-refractivity contribution in [2.45, 2.75) is 13.2 Å². The molecule has 0 unspecified atom stereocenters. The SMILES string of the molecule is Cc1ccc2c(c1)O[C@@H](c1ccccc1)n1c-2cc2cc(Br)ccc21. The van der Waals surface area contributed by atoms with Crippen LogP contribution in [0.2, 0.25) is 0 Å². The van der Waals surface area contributed by atoms with Gasteiger partial charge in [0.25, 0.3) is 0 Å². The third kappa shape index (κ3) is 2.30. The van der Waals surface area contributed by atoms with Crippen LogP contribution in [0, 0.1) is 6.92 Å². The lowest BCUT2D eigenvalue weighted by molar-refractivity contribution is 0.173. The Morgan fingerprint density at radius 2 is 1.76 bits per heavy atom. The second-order valence-corrected chi connectivity index (χ2v) is 7.40. The van der Waals surface area contributed by atoms with E-state index in [2.05, 4.69) is 94.2 Å². The molecule has 25 heavy (non-hydrogen) atoms. The molecule has 1 aliphatic heterocycles. The van der Waals surface area contributed by atoms with Gasteiger partial charge in [0.05, 0.1) is 11.2 Å². The number of ether oxygens (including phenoxy) is 1. The van der Waals surface area contributed by atoms with Gasteiger partial charge in [-0.25, -0.2) is 0 Å². The summed E-state index contributed by atoms with van der Waals surface area (Å²) in [6.45, 7) is 2.10. The van der Waals surface area contributed by atoms with Gasteiger partial charge < -0.3 is 9.30 Å². The molecule has 3 aromatic carbocycles. The summed E-state index contributed by atoms with van der Waals surface area (Å²) >= 11 is 3.59. The van der Waals surface area contributed by atoms with E-state index >= 15 is 0 Å². The molecule has 4 aromatic rings. The first-order valence-electron chi connectivity index (χ1n) is 8.34. The van der Waals surface area contributed by atoms with Crippen molar-refractivity contribution in [2.75, 3.05) is 0 Å². The smallest absolute Gasteiger partial charge is 0.203 e. The van der Waals surface area contributed by atoms with Gasteiger partial charge in [-0.05, 0) is 48.9 Å². The average Bonchev–Trinajstić information content (AvgIpc) is 3.00. The van der Waals surface area contributed by atoms with E-state index in [4.69, 9.17) is 4.74 Å². The Labute approximate surface area is 154 Å². The van der Waals surface area contributed by atoms with Crippen LogP contribution in [0.15, 0.2) is 77.3 Å². The zero-order chi connectivity index (χ0) is 17.0. The molecule has 0 spiro atoms. The van der Waals surface area contributed by atoms with Crippen LogP contribution >= 0.6 is 15.9 Å². The number of hydrogen-bond acceptors (Lipinski definition) is 1. The van der Waals surface area contributed by atoms with Crippen molar-refractivity contribution < 1.29 is 4.74 Å². The fraction of sp³-hybridized carbons (Fsp3) is 0.0909. The second kappa shape index (κ2) is 5.50. The second-order valence-electron chi connectivity index (χ2n) is 6.48. The molecule has 2 heterocycles. The van der Waals surface area contributed by atoms with E-state index < -0.39 is 0 Å². The Hall–Kier alpha value is -2.52. The monoisotopic (exact) mass is 389 g/mol. The van der Waals surface area contributed by atoms with Crippen LogP contribution in [0.25, 0.3) is 22.2 Å². The van der Waals surface area contributed by atoms with Crippen molar-refractivity contribution in [3.63, 3.8) is 0 Å². The Bertz CT molecular complexity index is 1100. The average molecular weight is 390 g/mol. The summed E-state index contributed by atoms with van der Waals surface area (Å²) in [6.07, 6.45) is -0.163. The molecule has 1 aliphatic rings. The highest BCUT2D eigenvalue weighted by molar-refractivity contribution is 9.10. The van der Waals surface area contributed by atoms with Crippen LogP contribution in [0.4, 0.5) is 0 Å². The lowest BCUT2D eigenvalue weighted by atomic mass is 10.1. The van der Waals surface area contributed by atoms with E-state index in [0.29, 0.717) is 0 Å². The van der Waals surface area contributed by atoms with Crippen LogP contribution in [0.5, 0.6) is 5.75 Å². The summed E-state index contributed by atoms with van der Waals surface area (Å²) < 4.78 is 9.86. The fourth-order valence-electron chi connectivity index (χ4n) is 3.61. The minimum absolute atomic E-state index is 0.163. The molecule has 1 aromatic heterocycles. The molecule has 5 rings (SSSR count). The number of benzene rings is 3. The highest BCUT2D eigenvalue weighted by Crippen LogP contribution is 2.44. The lowest BCUT2D eigenvalue weighted by Gasteiger charge is -2.30. The molecule has 0 bridgehead atoms. The number of nitrogens with zero attached hydrogens (tertiary/aromatic N) is 1. The van der Waals surface area contributed by atoms with E-state index in [0.717, 1.165) is 21.3 Å². The summed E-state index contributed by atoms with van der Waals surface area (Å²) in [5.74, 6) is 0.947. The standard InChI is InChI=1S/C22H16BrNO/c1-14-7-9-18-20-13-16-12-17(23)8-10-19(16)24(20)22(25-21(18)11-14)15-5-3-2-4-6-15/h2-13,22H,1H3/t22-/m0/s1. The Balaban J connectivity index is 1.84. The van der Waals surface area contributed by atoms with Gasteiger partial charge in [0.2, 0.25) is 6.23 Å². The van der Waals surface area contributed by atoms with Gasteiger partial charge in [0.15, 0.2) is 0 Å². The topological polar surface area (TPSA) is 14.2 Å². The van der Waals surface area contributed by atoms with Gasteiger partial charge in [-0.15, -0.1) is 0 Å². The third-order valence-corrected chi connectivity index (χ3v) is 5.27. The Kier molecular flexibility index (Phi) is 3.25. The molecule has 0 N–H and O–H groups in total. The maximum absolute atomic E-state index is 6.47. The van der Waals surface area contributed by atoms with Crippen molar-refractivity contribution in [1.29, 1.82) is 0 Å². The molecule has 0 aliphatic carbocycles. The molecule has 0 saturated heterocycles. The molecular weight excluding hydrogens is 374 g/mol. The maximum Gasteiger partial charge on any atom is 0.203 e. The normalized spacial score (nSPS) is 15.5. The first-order valence-corrected chi connectivity index (χ1v) is 9.13. The quantitative estimate of drug-likeness (QED) is 0.371. The zero-order valence-electron chi connectivity index (χ0n) is 13.7.